The number of anilines is 1. The van der Waals surface area contributed by atoms with Crippen LogP contribution in [-0.2, 0) is 25.0 Å². The van der Waals surface area contributed by atoms with Gasteiger partial charge in [0.05, 0.1) is 25.2 Å². The van der Waals surface area contributed by atoms with Crippen LogP contribution in [0.4, 0.5) is 5.69 Å². The van der Waals surface area contributed by atoms with Crippen molar-refractivity contribution >= 4 is 21.6 Å². The average Bonchev–Trinajstić information content (AvgIpc) is 2.80. The summed E-state index contributed by atoms with van der Waals surface area (Å²) in [5.74, 6) is 2.33. The van der Waals surface area contributed by atoms with Gasteiger partial charge in [0.15, 0.2) is 0 Å². The van der Waals surface area contributed by atoms with Crippen LogP contribution in [0.1, 0.15) is 50.5 Å². The van der Waals surface area contributed by atoms with E-state index in [1.807, 2.05) is 12.1 Å². The molecule has 0 aromatic heterocycles. The van der Waals surface area contributed by atoms with Crippen LogP contribution in [0.3, 0.4) is 0 Å². The summed E-state index contributed by atoms with van der Waals surface area (Å²) < 4.78 is 31.7. The monoisotopic (exact) mass is 489 g/mol. The molecule has 7 nitrogen and oxygen atoms in total. The minimum atomic E-state index is -3.57. The van der Waals surface area contributed by atoms with Crippen LogP contribution in [0.15, 0.2) is 24.3 Å². The zero-order valence-electron chi connectivity index (χ0n) is 20.4. The number of rotatable bonds is 9. The van der Waals surface area contributed by atoms with Gasteiger partial charge in [-0.25, -0.2) is 8.42 Å². The van der Waals surface area contributed by atoms with Crippen LogP contribution < -0.4 is 9.62 Å². The first-order chi connectivity index (χ1) is 16.3. The number of hydrogen-bond acceptors (Lipinski definition) is 5. The van der Waals surface area contributed by atoms with E-state index in [0.717, 1.165) is 57.0 Å². The topological polar surface area (TPSA) is 79.0 Å². The Bertz CT molecular complexity index is 937. The summed E-state index contributed by atoms with van der Waals surface area (Å²) in [4.78, 5) is 14.9. The second-order valence-corrected chi connectivity index (χ2v) is 13.1. The molecule has 6 rings (SSSR count). The highest BCUT2D eigenvalue weighted by Crippen LogP contribution is 2.60. The van der Waals surface area contributed by atoms with E-state index in [9.17, 15) is 13.2 Å². The Morgan fingerprint density at radius 2 is 1.65 bits per heavy atom. The zero-order chi connectivity index (χ0) is 23.8. The van der Waals surface area contributed by atoms with Gasteiger partial charge in [-0.1, -0.05) is 12.1 Å². The molecule has 8 heteroatoms. The van der Waals surface area contributed by atoms with Crippen molar-refractivity contribution in [3.05, 3.63) is 29.8 Å². The number of morpholine rings is 1. The van der Waals surface area contributed by atoms with E-state index in [-0.39, 0.29) is 17.9 Å². The fraction of sp³-hybridized carbons (Fsp3) is 0.731. The Kier molecular flexibility index (Phi) is 6.93. The van der Waals surface area contributed by atoms with Crippen molar-refractivity contribution in [3.63, 3.8) is 0 Å². The number of amides is 1. The molecule has 1 aromatic carbocycles. The lowest BCUT2D eigenvalue weighted by Gasteiger charge is -2.57. The highest BCUT2D eigenvalue weighted by molar-refractivity contribution is 7.92. The lowest BCUT2D eigenvalue weighted by molar-refractivity contribution is -0.119. The van der Waals surface area contributed by atoms with Gasteiger partial charge in [-0.2, -0.15) is 0 Å². The molecule has 5 aliphatic rings. The first kappa shape index (κ1) is 24.1. The third-order valence-corrected chi connectivity index (χ3v) is 9.71. The molecule has 4 saturated carbocycles. The molecule has 1 heterocycles. The van der Waals surface area contributed by atoms with Gasteiger partial charge >= 0.3 is 0 Å². The van der Waals surface area contributed by atoms with E-state index in [1.54, 1.807) is 0 Å². The van der Waals surface area contributed by atoms with Gasteiger partial charge in [0.1, 0.15) is 6.54 Å². The molecule has 0 radical (unpaired) electrons. The Morgan fingerprint density at radius 3 is 2.21 bits per heavy atom. The number of hydrogen-bond donors (Lipinski definition) is 1. The predicted octanol–water partition coefficient (Wildman–Crippen LogP) is 2.76. The first-order valence-electron chi connectivity index (χ1n) is 13.0. The number of nitrogens with zero attached hydrogens (tertiary/aromatic N) is 2. The number of carbonyl (C=O) groups excluding carboxylic acids is 1. The lowest BCUT2D eigenvalue weighted by atomic mass is 9.48. The second-order valence-electron chi connectivity index (χ2n) is 11.2. The van der Waals surface area contributed by atoms with E-state index in [4.69, 9.17) is 4.74 Å². The number of benzene rings is 1. The van der Waals surface area contributed by atoms with Crippen LogP contribution in [0, 0.1) is 17.8 Å². The van der Waals surface area contributed by atoms with E-state index in [1.165, 1.54) is 54.6 Å². The van der Waals surface area contributed by atoms with Gasteiger partial charge in [0.25, 0.3) is 0 Å². The first-order valence-corrected chi connectivity index (χ1v) is 14.8. The number of carbonyl (C=O) groups is 1. The van der Waals surface area contributed by atoms with Crippen molar-refractivity contribution in [1.29, 1.82) is 0 Å². The summed E-state index contributed by atoms with van der Waals surface area (Å²) in [6.07, 6.45) is 10.1. The molecule has 5 fully saturated rings. The van der Waals surface area contributed by atoms with E-state index in [0.29, 0.717) is 12.2 Å². The van der Waals surface area contributed by atoms with Crippen LogP contribution in [0.25, 0.3) is 0 Å². The normalized spacial score (nSPS) is 30.9. The second kappa shape index (κ2) is 9.78. The van der Waals surface area contributed by atoms with Crippen LogP contribution in [0.5, 0.6) is 0 Å². The molecule has 0 unspecified atom stereocenters. The van der Waals surface area contributed by atoms with Crippen molar-refractivity contribution in [2.24, 2.45) is 17.8 Å². The molecule has 0 spiro atoms. The van der Waals surface area contributed by atoms with Gasteiger partial charge in [0.2, 0.25) is 15.9 Å². The number of nitrogens with one attached hydrogen (secondary N) is 1. The van der Waals surface area contributed by atoms with Gasteiger partial charge in [0, 0.05) is 19.6 Å². The number of sulfonamides is 1. The Hall–Kier alpha value is -1.64. The third kappa shape index (κ3) is 5.29. The summed E-state index contributed by atoms with van der Waals surface area (Å²) in [5, 5.41) is 2.89. The smallest absolute Gasteiger partial charge is 0.240 e. The van der Waals surface area contributed by atoms with E-state index < -0.39 is 10.0 Å². The van der Waals surface area contributed by atoms with Crippen molar-refractivity contribution in [2.45, 2.75) is 50.4 Å². The minimum absolute atomic E-state index is 0.187. The maximum absolute atomic E-state index is 12.6. The predicted molar refractivity (Wildman–Crippen MR) is 133 cm³/mol. The Balaban J connectivity index is 1.19. The maximum Gasteiger partial charge on any atom is 0.240 e. The summed E-state index contributed by atoms with van der Waals surface area (Å²) in [6, 6.07) is 8.06. The summed E-state index contributed by atoms with van der Waals surface area (Å²) in [7, 11) is -3.57. The molecule has 1 saturated heterocycles. The van der Waals surface area contributed by atoms with Gasteiger partial charge in [-0.05, 0) is 92.4 Å². The van der Waals surface area contributed by atoms with Crippen molar-refractivity contribution in [2.75, 3.05) is 56.5 Å². The number of ether oxygens (including phenoxy) is 1. The molecule has 1 amide bonds. The SMILES string of the molecule is CS(=O)(=O)N(CC(=O)NCCCN1CCOCC1)c1ccc(C23CC4CC(CC(C4)C2)C3)cc1. The fourth-order valence-corrected chi connectivity index (χ4v) is 8.24. The zero-order valence-corrected chi connectivity index (χ0v) is 21.2. The maximum atomic E-state index is 12.6. The van der Waals surface area contributed by atoms with Crippen molar-refractivity contribution < 1.29 is 17.9 Å². The highest BCUT2D eigenvalue weighted by atomic mass is 32.2. The highest BCUT2D eigenvalue weighted by Gasteiger charge is 2.51. The van der Waals surface area contributed by atoms with Gasteiger partial charge < -0.3 is 10.1 Å². The van der Waals surface area contributed by atoms with Crippen LogP contribution in [0.2, 0.25) is 0 Å². The minimum Gasteiger partial charge on any atom is -0.379 e. The average molecular weight is 490 g/mol. The molecular weight excluding hydrogens is 450 g/mol. The standard InChI is InChI=1S/C26H39N3O4S/c1-34(31,32)29(19-25(30)27-7-2-8-28-9-11-33-12-10-28)24-5-3-23(4-6-24)26-16-20-13-21(17-26)15-22(14-20)18-26/h3-6,20-22H,2,7-19H2,1H3,(H,27,30). The molecule has 0 atom stereocenters. The molecular formula is C26H39N3O4S. The van der Waals surface area contributed by atoms with Gasteiger partial charge in [-0.3, -0.25) is 14.0 Å². The summed E-state index contributed by atoms with van der Waals surface area (Å²) >= 11 is 0. The van der Waals surface area contributed by atoms with Crippen molar-refractivity contribution in [3.8, 4) is 0 Å². The molecule has 188 valence electrons. The third-order valence-electron chi connectivity index (χ3n) is 8.57. The Morgan fingerprint density at radius 1 is 1.06 bits per heavy atom. The van der Waals surface area contributed by atoms with Gasteiger partial charge in [-0.15, -0.1) is 0 Å². The van der Waals surface area contributed by atoms with E-state index >= 15 is 0 Å². The molecule has 34 heavy (non-hydrogen) atoms. The molecule has 4 aliphatic carbocycles. The van der Waals surface area contributed by atoms with Crippen molar-refractivity contribution in [1.82, 2.24) is 10.2 Å². The Labute approximate surface area is 204 Å². The quantitative estimate of drug-likeness (QED) is 0.540. The molecule has 1 N–H and O–H groups in total. The molecule has 1 aromatic rings. The lowest BCUT2D eigenvalue weighted by Crippen LogP contribution is -2.48. The van der Waals surface area contributed by atoms with Crippen LogP contribution in [-0.4, -0.2) is 71.4 Å². The summed E-state index contributed by atoms with van der Waals surface area (Å²) in [5.41, 5.74) is 2.21. The fourth-order valence-electron chi connectivity index (χ4n) is 7.39. The van der Waals surface area contributed by atoms with E-state index in [2.05, 4.69) is 22.3 Å². The molecule has 1 aliphatic heterocycles. The summed E-state index contributed by atoms with van der Waals surface area (Å²) in [6.45, 7) is 4.63. The largest absolute Gasteiger partial charge is 0.379 e. The van der Waals surface area contributed by atoms with Crippen LogP contribution >= 0.6 is 0 Å². The molecule has 4 bridgehead atoms.